The lowest BCUT2D eigenvalue weighted by molar-refractivity contribution is 0.101. The van der Waals surface area contributed by atoms with E-state index in [1.54, 1.807) is 12.3 Å². The number of hydrogen-bond acceptors (Lipinski definition) is 8. The number of anilines is 3. The molecule has 0 aromatic carbocycles. The quantitative estimate of drug-likeness (QED) is 0.704. The summed E-state index contributed by atoms with van der Waals surface area (Å²) in [6, 6.07) is 5.48. The number of thiophene rings is 1. The van der Waals surface area contributed by atoms with E-state index in [0.717, 1.165) is 30.8 Å². The van der Waals surface area contributed by atoms with E-state index < -0.39 is 0 Å². The lowest BCUT2D eigenvalue weighted by Crippen LogP contribution is -2.31. The molecule has 1 aliphatic rings. The van der Waals surface area contributed by atoms with Crippen molar-refractivity contribution >= 4 is 34.7 Å². The van der Waals surface area contributed by atoms with E-state index in [1.165, 1.54) is 17.8 Å². The fraction of sp³-hybridized carbons (Fsp3) is 0.368. The van der Waals surface area contributed by atoms with Crippen molar-refractivity contribution in [3.8, 4) is 10.6 Å². The van der Waals surface area contributed by atoms with Gasteiger partial charge in [0, 0.05) is 33.3 Å². The first-order valence-corrected chi connectivity index (χ1v) is 10.1. The molecule has 146 valence electrons. The molecule has 1 aliphatic heterocycles. The van der Waals surface area contributed by atoms with Crippen LogP contribution in [0.15, 0.2) is 34.3 Å². The van der Waals surface area contributed by atoms with Gasteiger partial charge in [-0.1, -0.05) is 11.2 Å². The second-order valence-electron chi connectivity index (χ2n) is 6.86. The summed E-state index contributed by atoms with van der Waals surface area (Å²) >= 11 is 1.53. The highest BCUT2D eigenvalue weighted by atomic mass is 32.1. The molecule has 3 aromatic rings. The maximum absolute atomic E-state index is 12.6. The van der Waals surface area contributed by atoms with Crippen molar-refractivity contribution in [2.24, 2.45) is 0 Å². The maximum Gasteiger partial charge on any atom is 0.278 e. The Kier molecular flexibility index (Phi) is 5.25. The molecular weight excluding hydrogens is 376 g/mol. The molecule has 0 aliphatic carbocycles. The summed E-state index contributed by atoms with van der Waals surface area (Å²) < 4.78 is 5.30. The van der Waals surface area contributed by atoms with Crippen LogP contribution in [0.3, 0.4) is 0 Å². The molecule has 3 aromatic heterocycles. The number of piperidine rings is 1. The summed E-state index contributed by atoms with van der Waals surface area (Å²) in [5.41, 5.74) is 0.754. The normalized spacial score (nSPS) is 14.1. The maximum atomic E-state index is 12.6. The molecule has 8 nitrogen and oxygen atoms in total. The van der Waals surface area contributed by atoms with Gasteiger partial charge in [0.2, 0.25) is 5.95 Å². The zero-order valence-corrected chi connectivity index (χ0v) is 16.7. The highest BCUT2D eigenvalue weighted by molar-refractivity contribution is 7.13. The first-order valence-electron chi connectivity index (χ1n) is 9.23. The molecule has 28 heavy (non-hydrogen) atoms. The Morgan fingerprint density at radius 1 is 1.29 bits per heavy atom. The average molecular weight is 398 g/mol. The van der Waals surface area contributed by atoms with Gasteiger partial charge >= 0.3 is 0 Å². The summed E-state index contributed by atoms with van der Waals surface area (Å²) in [5, 5.41) is 8.69. The van der Waals surface area contributed by atoms with Gasteiger partial charge in [-0.25, -0.2) is 4.98 Å². The minimum Gasteiger partial charge on any atom is -0.361 e. The Balaban J connectivity index is 1.54. The van der Waals surface area contributed by atoms with Gasteiger partial charge < -0.3 is 19.6 Å². The monoisotopic (exact) mass is 398 g/mol. The van der Waals surface area contributed by atoms with Crippen molar-refractivity contribution in [2.75, 3.05) is 42.3 Å². The molecule has 1 fully saturated rings. The Hall–Kier alpha value is -2.94. The number of aromatic nitrogens is 3. The minimum atomic E-state index is -0.357. The summed E-state index contributed by atoms with van der Waals surface area (Å²) in [6.07, 6.45) is 5.20. The first kappa shape index (κ1) is 18.4. The van der Waals surface area contributed by atoms with Crippen molar-refractivity contribution in [1.29, 1.82) is 0 Å². The van der Waals surface area contributed by atoms with Crippen molar-refractivity contribution in [1.82, 2.24) is 15.1 Å². The molecule has 0 saturated carbocycles. The molecule has 1 saturated heterocycles. The Morgan fingerprint density at radius 2 is 2.11 bits per heavy atom. The lowest BCUT2D eigenvalue weighted by Gasteiger charge is -2.27. The van der Waals surface area contributed by atoms with Crippen molar-refractivity contribution in [2.45, 2.75) is 19.3 Å². The number of amides is 1. The molecule has 0 bridgehead atoms. The van der Waals surface area contributed by atoms with Crippen LogP contribution in [0.2, 0.25) is 0 Å². The van der Waals surface area contributed by atoms with E-state index in [1.807, 2.05) is 36.5 Å². The fourth-order valence-corrected chi connectivity index (χ4v) is 3.82. The zero-order chi connectivity index (χ0) is 19.5. The van der Waals surface area contributed by atoms with Crippen LogP contribution in [0.5, 0.6) is 0 Å². The molecule has 1 N–H and O–H groups in total. The van der Waals surface area contributed by atoms with Gasteiger partial charge in [-0.15, -0.1) is 11.3 Å². The lowest BCUT2D eigenvalue weighted by atomic mass is 10.1. The number of nitrogens with one attached hydrogen (secondary N) is 1. The molecule has 1 amide bonds. The van der Waals surface area contributed by atoms with Crippen LogP contribution < -0.4 is 15.1 Å². The predicted molar refractivity (Wildman–Crippen MR) is 110 cm³/mol. The third-order valence-electron chi connectivity index (χ3n) is 4.57. The molecule has 0 unspecified atom stereocenters. The second kappa shape index (κ2) is 7.97. The van der Waals surface area contributed by atoms with Gasteiger partial charge in [0.05, 0.1) is 11.1 Å². The van der Waals surface area contributed by atoms with Crippen LogP contribution in [0, 0.1) is 0 Å². The molecule has 0 atom stereocenters. The number of nitrogens with zero attached hydrogens (tertiary/aromatic N) is 5. The summed E-state index contributed by atoms with van der Waals surface area (Å²) in [4.78, 5) is 26.8. The SMILES string of the molecule is CN(C)c1nc(N2CCCCC2)ncc1NC(=O)c1cc(-c2cccs2)on1. The van der Waals surface area contributed by atoms with Crippen LogP contribution in [0.4, 0.5) is 17.5 Å². The van der Waals surface area contributed by atoms with E-state index in [9.17, 15) is 4.79 Å². The Labute approximate surface area is 167 Å². The van der Waals surface area contributed by atoms with Gasteiger partial charge in [0.25, 0.3) is 5.91 Å². The van der Waals surface area contributed by atoms with E-state index in [-0.39, 0.29) is 11.6 Å². The van der Waals surface area contributed by atoms with E-state index in [0.29, 0.717) is 23.2 Å². The van der Waals surface area contributed by atoms with Crippen LogP contribution in [0.25, 0.3) is 10.6 Å². The van der Waals surface area contributed by atoms with Crippen LogP contribution in [-0.4, -0.2) is 48.2 Å². The summed E-state index contributed by atoms with van der Waals surface area (Å²) in [5.74, 6) is 1.57. The molecule has 0 spiro atoms. The van der Waals surface area contributed by atoms with Crippen LogP contribution in [-0.2, 0) is 0 Å². The fourth-order valence-electron chi connectivity index (χ4n) is 3.14. The standard InChI is InChI=1S/C19H22N6O2S/c1-24(2)17-14(12-20-19(22-17)25-8-4-3-5-9-25)21-18(26)13-11-15(27-23-13)16-7-6-10-28-16/h6-7,10-12H,3-5,8-9H2,1-2H3,(H,21,26). The third kappa shape index (κ3) is 3.84. The van der Waals surface area contributed by atoms with Crippen LogP contribution >= 0.6 is 11.3 Å². The third-order valence-corrected chi connectivity index (χ3v) is 5.46. The van der Waals surface area contributed by atoms with Gasteiger partial charge in [0.1, 0.15) is 5.69 Å². The first-order chi connectivity index (χ1) is 13.6. The summed E-state index contributed by atoms with van der Waals surface area (Å²) in [7, 11) is 3.78. The molecule has 4 rings (SSSR count). The van der Waals surface area contributed by atoms with Gasteiger partial charge in [-0.2, -0.15) is 4.98 Å². The number of carbonyl (C=O) groups is 1. The van der Waals surface area contributed by atoms with E-state index in [4.69, 9.17) is 4.52 Å². The Morgan fingerprint density at radius 3 is 2.82 bits per heavy atom. The van der Waals surface area contributed by atoms with Gasteiger partial charge in [-0.3, -0.25) is 4.79 Å². The largest absolute Gasteiger partial charge is 0.361 e. The second-order valence-corrected chi connectivity index (χ2v) is 7.80. The van der Waals surface area contributed by atoms with E-state index >= 15 is 0 Å². The Bertz CT molecular complexity index is 947. The highest BCUT2D eigenvalue weighted by Gasteiger charge is 2.20. The average Bonchev–Trinajstić information content (AvgIpc) is 3.40. The van der Waals surface area contributed by atoms with Gasteiger partial charge in [-0.05, 0) is 30.7 Å². The van der Waals surface area contributed by atoms with Crippen molar-refractivity contribution < 1.29 is 9.32 Å². The molecule has 0 radical (unpaired) electrons. The number of rotatable bonds is 5. The van der Waals surface area contributed by atoms with Crippen molar-refractivity contribution in [3.05, 3.63) is 35.5 Å². The zero-order valence-electron chi connectivity index (χ0n) is 15.9. The molecular formula is C19H22N6O2S. The molecule has 4 heterocycles. The predicted octanol–water partition coefficient (Wildman–Crippen LogP) is 3.50. The highest BCUT2D eigenvalue weighted by Crippen LogP contribution is 2.27. The van der Waals surface area contributed by atoms with Crippen LogP contribution in [0.1, 0.15) is 29.8 Å². The number of carbonyl (C=O) groups excluding carboxylic acids is 1. The number of hydrogen-bond donors (Lipinski definition) is 1. The van der Waals surface area contributed by atoms with E-state index in [2.05, 4.69) is 25.3 Å². The van der Waals surface area contributed by atoms with Crippen molar-refractivity contribution in [3.63, 3.8) is 0 Å². The molecule has 9 heteroatoms. The van der Waals surface area contributed by atoms with Gasteiger partial charge in [0.15, 0.2) is 17.3 Å². The minimum absolute atomic E-state index is 0.216. The topological polar surface area (TPSA) is 87.4 Å². The smallest absolute Gasteiger partial charge is 0.278 e. The summed E-state index contributed by atoms with van der Waals surface area (Å²) in [6.45, 7) is 1.92.